The van der Waals surface area contributed by atoms with Gasteiger partial charge in [-0.1, -0.05) is 6.58 Å². The summed E-state index contributed by atoms with van der Waals surface area (Å²) < 4.78 is 7.07. The largest absolute Gasteiger partial charge is 0.473 e. The van der Waals surface area contributed by atoms with Crippen molar-refractivity contribution in [3.8, 4) is 5.88 Å². The fourth-order valence-corrected chi connectivity index (χ4v) is 0.995. The Bertz CT molecular complexity index is 264. The highest BCUT2D eigenvalue weighted by molar-refractivity contribution is 5.14. The second kappa shape index (κ2) is 1.87. The van der Waals surface area contributed by atoms with Gasteiger partial charge in [0.15, 0.2) is 0 Å². The maximum atomic E-state index is 5.28. The number of ether oxygens (including phenoxy) is 1. The highest BCUT2D eigenvalue weighted by Gasteiger charge is 2.10. The van der Waals surface area contributed by atoms with Gasteiger partial charge in [-0.15, -0.1) is 0 Å². The lowest BCUT2D eigenvalue weighted by Crippen LogP contribution is -2.16. The van der Waals surface area contributed by atoms with Gasteiger partial charge in [-0.05, 0) is 5.57 Å². The molecule has 0 spiro atoms. The van der Waals surface area contributed by atoms with Gasteiger partial charge in [0.25, 0.3) is 0 Å². The van der Waals surface area contributed by atoms with Crippen LogP contribution >= 0.6 is 0 Å². The van der Waals surface area contributed by atoms with Crippen LogP contribution in [0.4, 0.5) is 0 Å². The molecule has 0 bridgehead atoms. The summed E-state index contributed by atoms with van der Waals surface area (Å²) in [6, 6.07) is 1.85. The summed E-state index contributed by atoms with van der Waals surface area (Å²) in [6.07, 6.45) is 1.73. The van der Waals surface area contributed by atoms with Gasteiger partial charge in [0.1, 0.15) is 6.61 Å². The Morgan fingerprint density at radius 1 is 1.70 bits per heavy atom. The van der Waals surface area contributed by atoms with E-state index >= 15 is 0 Å². The summed E-state index contributed by atoms with van der Waals surface area (Å²) in [5, 5.41) is 4.04. The molecule has 1 aromatic heterocycles. The van der Waals surface area contributed by atoms with Gasteiger partial charge in [0.05, 0.1) is 12.7 Å². The summed E-state index contributed by atoms with van der Waals surface area (Å²) in [5.41, 5.74) is 1.07. The molecular weight excluding hydrogens is 128 g/mol. The van der Waals surface area contributed by atoms with Crippen molar-refractivity contribution >= 4 is 0 Å². The number of nitrogens with zero attached hydrogens (tertiary/aromatic N) is 2. The summed E-state index contributed by atoms with van der Waals surface area (Å²) in [4.78, 5) is 0. The molecule has 0 aromatic carbocycles. The summed E-state index contributed by atoms with van der Waals surface area (Å²) >= 11 is 0. The molecule has 0 N–H and O–H groups in total. The SMILES string of the molecule is C=C1COc2ccnn2C1. The van der Waals surface area contributed by atoms with Crippen LogP contribution in [0.25, 0.3) is 0 Å². The third-order valence-electron chi connectivity index (χ3n) is 1.48. The molecule has 1 aliphatic heterocycles. The number of aromatic nitrogens is 2. The van der Waals surface area contributed by atoms with Crippen LogP contribution in [-0.4, -0.2) is 16.4 Å². The second-order valence-corrected chi connectivity index (χ2v) is 2.37. The van der Waals surface area contributed by atoms with Crippen LogP contribution in [-0.2, 0) is 6.54 Å². The third kappa shape index (κ3) is 0.708. The summed E-state index contributed by atoms with van der Waals surface area (Å²) in [5.74, 6) is 0.840. The van der Waals surface area contributed by atoms with Gasteiger partial charge >= 0.3 is 0 Å². The molecule has 2 heterocycles. The number of rotatable bonds is 0. The van der Waals surface area contributed by atoms with Gasteiger partial charge in [0, 0.05) is 6.07 Å². The smallest absolute Gasteiger partial charge is 0.212 e. The van der Waals surface area contributed by atoms with Crippen LogP contribution < -0.4 is 4.74 Å². The minimum atomic E-state index is 0.631. The third-order valence-corrected chi connectivity index (χ3v) is 1.48. The molecule has 1 aromatic rings. The van der Waals surface area contributed by atoms with Crippen LogP contribution in [0.3, 0.4) is 0 Å². The van der Waals surface area contributed by atoms with Crippen molar-refractivity contribution in [1.29, 1.82) is 0 Å². The lowest BCUT2D eigenvalue weighted by Gasteiger charge is -2.16. The number of hydrogen-bond donors (Lipinski definition) is 0. The first-order chi connectivity index (χ1) is 4.86. The van der Waals surface area contributed by atoms with Crippen molar-refractivity contribution in [3.63, 3.8) is 0 Å². The minimum absolute atomic E-state index is 0.631. The van der Waals surface area contributed by atoms with Gasteiger partial charge < -0.3 is 4.74 Å². The molecule has 0 fully saturated rings. The van der Waals surface area contributed by atoms with E-state index < -0.39 is 0 Å². The number of hydrogen-bond acceptors (Lipinski definition) is 2. The summed E-state index contributed by atoms with van der Waals surface area (Å²) in [6.45, 7) is 5.23. The first kappa shape index (κ1) is 5.53. The lowest BCUT2D eigenvalue weighted by atomic mass is 10.3. The van der Waals surface area contributed by atoms with Crippen LogP contribution in [0.2, 0.25) is 0 Å². The molecule has 3 nitrogen and oxygen atoms in total. The molecule has 0 unspecified atom stereocenters. The molecule has 0 aliphatic carbocycles. The van der Waals surface area contributed by atoms with Crippen LogP contribution in [0.15, 0.2) is 24.4 Å². The van der Waals surface area contributed by atoms with Crippen molar-refractivity contribution in [1.82, 2.24) is 9.78 Å². The van der Waals surface area contributed by atoms with Gasteiger partial charge in [0.2, 0.25) is 5.88 Å². The molecule has 10 heavy (non-hydrogen) atoms. The topological polar surface area (TPSA) is 27.1 Å². The Labute approximate surface area is 58.9 Å². The summed E-state index contributed by atoms with van der Waals surface area (Å²) in [7, 11) is 0. The van der Waals surface area contributed by atoms with E-state index in [0.717, 1.165) is 18.0 Å². The Morgan fingerprint density at radius 2 is 2.60 bits per heavy atom. The van der Waals surface area contributed by atoms with E-state index in [1.54, 1.807) is 10.9 Å². The maximum Gasteiger partial charge on any atom is 0.212 e. The Hall–Kier alpha value is -1.25. The fraction of sp³-hybridized carbons (Fsp3) is 0.286. The van der Waals surface area contributed by atoms with Gasteiger partial charge in [-0.2, -0.15) is 5.10 Å². The maximum absolute atomic E-state index is 5.28. The second-order valence-electron chi connectivity index (χ2n) is 2.37. The van der Waals surface area contributed by atoms with Crippen molar-refractivity contribution in [2.45, 2.75) is 6.54 Å². The lowest BCUT2D eigenvalue weighted by molar-refractivity contribution is 0.279. The monoisotopic (exact) mass is 136 g/mol. The normalized spacial score (nSPS) is 16.2. The standard InChI is InChI=1S/C7H8N2O/c1-6-4-9-7(10-5-6)2-3-8-9/h2-3H,1,4-5H2. The van der Waals surface area contributed by atoms with Crippen LogP contribution in [0.1, 0.15) is 0 Å². The van der Waals surface area contributed by atoms with E-state index in [0.29, 0.717) is 6.61 Å². The van der Waals surface area contributed by atoms with Crippen molar-refractivity contribution < 1.29 is 4.74 Å². The molecular formula is C7H8N2O. The zero-order valence-corrected chi connectivity index (χ0v) is 5.58. The molecule has 0 amide bonds. The van der Waals surface area contributed by atoms with E-state index in [2.05, 4.69) is 11.7 Å². The molecule has 0 saturated heterocycles. The molecule has 3 heteroatoms. The fourth-order valence-electron chi connectivity index (χ4n) is 0.995. The van der Waals surface area contributed by atoms with Crippen LogP contribution in [0, 0.1) is 0 Å². The predicted molar refractivity (Wildman–Crippen MR) is 36.9 cm³/mol. The minimum Gasteiger partial charge on any atom is -0.473 e. The first-order valence-electron chi connectivity index (χ1n) is 3.17. The predicted octanol–water partition coefficient (Wildman–Crippen LogP) is 0.832. The van der Waals surface area contributed by atoms with E-state index in [1.807, 2.05) is 6.07 Å². The Morgan fingerprint density at radius 3 is 3.50 bits per heavy atom. The molecule has 1 aliphatic rings. The van der Waals surface area contributed by atoms with Gasteiger partial charge in [-0.25, -0.2) is 4.68 Å². The van der Waals surface area contributed by atoms with Gasteiger partial charge in [-0.3, -0.25) is 0 Å². The first-order valence-corrected chi connectivity index (χ1v) is 3.17. The van der Waals surface area contributed by atoms with Crippen LogP contribution in [0.5, 0.6) is 5.88 Å². The molecule has 52 valence electrons. The number of fused-ring (bicyclic) bond motifs is 1. The van der Waals surface area contributed by atoms with Crippen molar-refractivity contribution in [2.75, 3.05) is 6.61 Å². The average molecular weight is 136 g/mol. The van der Waals surface area contributed by atoms with E-state index in [-0.39, 0.29) is 0 Å². The molecule has 0 radical (unpaired) electrons. The average Bonchev–Trinajstić information content (AvgIpc) is 2.33. The van der Waals surface area contributed by atoms with Crippen molar-refractivity contribution in [2.24, 2.45) is 0 Å². The molecule has 0 saturated carbocycles. The highest BCUT2D eigenvalue weighted by Crippen LogP contribution is 2.16. The zero-order valence-electron chi connectivity index (χ0n) is 5.58. The molecule has 0 atom stereocenters. The highest BCUT2D eigenvalue weighted by atomic mass is 16.5. The molecule has 2 rings (SSSR count). The van der Waals surface area contributed by atoms with E-state index in [9.17, 15) is 0 Å². The zero-order chi connectivity index (χ0) is 6.97. The van der Waals surface area contributed by atoms with E-state index in [4.69, 9.17) is 4.74 Å². The van der Waals surface area contributed by atoms with Crippen molar-refractivity contribution in [3.05, 3.63) is 24.4 Å². The Kier molecular flexibility index (Phi) is 1.03. The quantitative estimate of drug-likeness (QED) is 0.494. The Balaban J connectivity index is 2.39. The van der Waals surface area contributed by atoms with E-state index in [1.165, 1.54) is 0 Å².